The third-order valence-electron chi connectivity index (χ3n) is 4.46. The highest BCUT2D eigenvalue weighted by Crippen LogP contribution is 2.36. The minimum atomic E-state index is -0.0825. The van der Waals surface area contributed by atoms with Gasteiger partial charge in [-0.15, -0.1) is 0 Å². The molecule has 0 aromatic heterocycles. The predicted molar refractivity (Wildman–Crippen MR) is 76.6 cm³/mol. The largest absolute Gasteiger partial charge is 0.393 e. The standard InChI is InChI=1S/C15H20BrNO/c16-13-5-2-4-12-11(13)7-8-14(12)17-9-10-3-1-6-15(10)18/h2,4-5,10,14-15,17-18H,1,3,6-9H2. The smallest absolute Gasteiger partial charge is 0.0580 e. The summed E-state index contributed by atoms with van der Waals surface area (Å²) in [6.45, 7) is 0.956. The van der Waals surface area contributed by atoms with Crippen molar-refractivity contribution in [2.24, 2.45) is 5.92 Å². The lowest BCUT2D eigenvalue weighted by molar-refractivity contribution is 0.130. The van der Waals surface area contributed by atoms with Crippen molar-refractivity contribution in [1.29, 1.82) is 0 Å². The molecule has 1 aromatic carbocycles. The quantitative estimate of drug-likeness (QED) is 0.899. The minimum Gasteiger partial charge on any atom is -0.393 e. The molecule has 0 aliphatic heterocycles. The van der Waals surface area contributed by atoms with E-state index in [9.17, 15) is 5.11 Å². The van der Waals surface area contributed by atoms with E-state index in [0.29, 0.717) is 12.0 Å². The third kappa shape index (κ3) is 2.36. The van der Waals surface area contributed by atoms with Crippen molar-refractivity contribution in [3.05, 3.63) is 33.8 Å². The van der Waals surface area contributed by atoms with E-state index in [0.717, 1.165) is 19.4 Å². The molecule has 1 saturated carbocycles. The molecule has 0 heterocycles. The normalized spacial score (nSPS) is 30.7. The molecule has 0 radical (unpaired) electrons. The molecule has 3 unspecified atom stereocenters. The number of rotatable bonds is 3. The number of hydrogen-bond donors (Lipinski definition) is 2. The van der Waals surface area contributed by atoms with Crippen LogP contribution in [0.1, 0.15) is 42.9 Å². The maximum atomic E-state index is 9.85. The van der Waals surface area contributed by atoms with Gasteiger partial charge >= 0.3 is 0 Å². The zero-order valence-electron chi connectivity index (χ0n) is 10.5. The highest BCUT2D eigenvalue weighted by molar-refractivity contribution is 9.10. The van der Waals surface area contributed by atoms with Gasteiger partial charge in [-0.2, -0.15) is 0 Å². The summed E-state index contributed by atoms with van der Waals surface area (Å²) in [6, 6.07) is 6.95. The van der Waals surface area contributed by atoms with Crippen molar-refractivity contribution in [3.8, 4) is 0 Å². The third-order valence-corrected chi connectivity index (χ3v) is 5.20. The Kier molecular flexibility index (Phi) is 3.73. The van der Waals surface area contributed by atoms with E-state index in [1.807, 2.05) is 0 Å². The molecule has 0 amide bonds. The number of benzene rings is 1. The Balaban J connectivity index is 1.64. The first-order chi connectivity index (χ1) is 8.75. The van der Waals surface area contributed by atoms with E-state index in [2.05, 4.69) is 39.4 Å². The molecule has 1 fully saturated rings. The summed E-state index contributed by atoms with van der Waals surface area (Å²) in [5, 5.41) is 13.5. The fraction of sp³-hybridized carbons (Fsp3) is 0.600. The van der Waals surface area contributed by atoms with Crippen LogP contribution in [0.25, 0.3) is 0 Å². The molecule has 2 N–H and O–H groups in total. The molecule has 0 saturated heterocycles. The highest BCUT2D eigenvalue weighted by atomic mass is 79.9. The molecule has 1 aromatic rings. The van der Waals surface area contributed by atoms with Gasteiger partial charge in [0, 0.05) is 17.1 Å². The summed E-state index contributed by atoms with van der Waals surface area (Å²) < 4.78 is 1.24. The SMILES string of the molecule is OC1CCCC1CNC1CCc2c(Br)cccc21. The van der Waals surface area contributed by atoms with Crippen LogP contribution in [0.5, 0.6) is 0 Å². The average Bonchev–Trinajstić information content (AvgIpc) is 2.94. The first kappa shape index (κ1) is 12.6. The van der Waals surface area contributed by atoms with E-state index in [1.54, 1.807) is 0 Å². The zero-order valence-corrected chi connectivity index (χ0v) is 12.1. The van der Waals surface area contributed by atoms with Crippen LogP contribution in [0.2, 0.25) is 0 Å². The second-order valence-corrected chi connectivity index (χ2v) is 6.42. The Morgan fingerprint density at radius 2 is 2.17 bits per heavy atom. The van der Waals surface area contributed by atoms with Gasteiger partial charge in [-0.3, -0.25) is 0 Å². The van der Waals surface area contributed by atoms with Gasteiger partial charge in [0.2, 0.25) is 0 Å². The van der Waals surface area contributed by atoms with Gasteiger partial charge in [-0.25, -0.2) is 0 Å². The van der Waals surface area contributed by atoms with Crippen LogP contribution in [-0.2, 0) is 6.42 Å². The number of nitrogens with one attached hydrogen (secondary N) is 1. The van der Waals surface area contributed by atoms with Crippen molar-refractivity contribution < 1.29 is 5.11 Å². The predicted octanol–water partition coefficient (Wildman–Crippen LogP) is 3.19. The Hall–Kier alpha value is -0.380. The summed E-state index contributed by atoms with van der Waals surface area (Å²) >= 11 is 3.63. The second-order valence-electron chi connectivity index (χ2n) is 5.57. The molecule has 3 heteroatoms. The number of aliphatic hydroxyl groups is 1. The topological polar surface area (TPSA) is 32.3 Å². The van der Waals surface area contributed by atoms with Gasteiger partial charge in [-0.1, -0.05) is 34.5 Å². The summed E-state index contributed by atoms with van der Waals surface area (Å²) in [5.74, 6) is 0.459. The molecule has 98 valence electrons. The lowest BCUT2D eigenvalue weighted by Gasteiger charge is -2.19. The van der Waals surface area contributed by atoms with Gasteiger partial charge in [-0.05, 0) is 48.8 Å². The van der Waals surface area contributed by atoms with E-state index in [4.69, 9.17) is 0 Å². The zero-order chi connectivity index (χ0) is 12.5. The lowest BCUT2D eigenvalue weighted by atomic mass is 10.0. The van der Waals surface area contributed by atoms with Crippen LogP contribution in [0.15, 0.2) is 22.7 Å². The highest BCUT2D eigenvalue weighted by Gasteiger charge is 2.28. The van der Waals surface area contributed by atoms with Crippen LogP contribution in [-0.4, -0.2) is 17.8 Å². The van der Waals surface area contributed by atoms with Crippen molar-refractivity contribution in [3.63, 3.8) is 0 Å². The fourth-order valence-electron chi connectivity index (χ4n) is 3.37. The molecule has 2 nitrogen and oxygen atoms in total. The molecular formula is C15H20BrNO. The first-order valence-corrected chi connectivity index (χ1v) is 7.73. The molecule has 3 rings (SSSR count). The lowest BCUT2D eigenvalue weighted by Crippen LogP contribution is -2.30. The van der Waals surface area contributed by atoms with Crippen LogP contribution >= 0.6 is 15.9 Å². The Morgan fingerprint density at radius 3 is 2.94 bits per heavy atom. The maximum absolute atomic E-state index is 9.85. The summed E-state index contributed by atoms with van der Waals surface area (Å²) in [6.07, 6.45) is 5.59. The Labute approximate surface area is 117 Å². The molecule has 2 aliphatic carbocycles. The van der Waals surface area contributed by atoms with Crippen molar-refractivity contribution in [2.75, 3.05) is 6.54 Å². The number of fused-ring (bicyclic) bond motifs is 1. The number of aliphatic hydroxyl groups excluding tert-OH is 1. The van der Waals surface area contributed by atoms with Crippen LogP contribution < -0.4 is 5.32 Å². The molecule has 0 bridgehead atoms. The fourth-order valence-corrected chi connectivity index (χ4v) is 3.95. The molecule has 18 heavy (non-hydrogen) atoms. The molecule has 0 spiro atoms. The van der Waals surface area contributed by atoms with Crippen molar-refractivity contribution >= 4 is 15.9 Å². The van der Waals surface area contributed by atoms with Gasteiger partial charge in [0.15, 0.2) is 0 Å². The minimum absolute atomic E-state index is 0.0825. The van der Waals surface area contributed by atoms with Gasteiger partial charge in [0.25, 0.3) is 0 Å². The van der Waals surface area contributed by atoms with Gasteiger partial charge in [0.1, 0.15) is 0 Å². The number of halogens is 1. The first-order valence-electron chi connectivity index (χ1n) is 6.94. The van der Waals surface area contributed by atoms with E-state index < -0.39 is 0 Å². The monoisotopic (exact) mass is 309 g/mol. The summed E-state index contributed by atoms with van der Waals surface area (Å²) in [4.78, 5) is 0. The Morgan fingerprint density at radius 1 is 1.28 bits per heavy atom. The number of hydrogen-bond acceptors (Lipinski definition) is 2. The van der Waals surface area contributed by atoms with Crippen LogP contribution in [0.3, 0.4) is 0 Å². The van der Waals surface area contributed by atoms with Crippen molar-refractivity contribution in [1.82, 2.24) is 5.32 Å². The van der Waals surface area contributed by atoms with Crippen molar-refractivity contribution in [2.45, 2.75) is 44.2 Å². The molecule has 3 atom stereocenters. The van der Waals surface area contributed by atoms with Crippen LogP contribution in [0.4, 0.5) is 0 Å². The summed E-state index contributed by atoms with van der Waals surface area (Å²) in [5.41, 5.74) is 2.90. The van der Waals surface area contributed by atoms with E-state index >= 15 is 0 Å². The van der Waals surface area contributed by atoms with Gasteiger partial charge < -0.3 is 10.4 Å². The molecular weight excluding hydrogens is 290 g/mol. The molecule has 2 aliphatic rings. The second kappa shape index (κ2) is 5.32. The van der Waals surface area contributed by atoms with E-state index in [1.165, 1.54) is 34.9 Å². The Bertz CT molecular complexity index is 435. The van der Waals surface area contributed by atoms with Crippen LogP contribution in [0, 0.1) is 5.92 Å². The van der Waals surface area contributed by atoms with E-state index in [-0.39, 0.29) is 6.10 Å². The average molecular weight is 310 g/mol. The van der Waals surface area contributed by atoms with Gasteiger partial charge in [0.05, 0.1) is 6.10 Å². The summed E-state index contributed by atoms with van der Waals surface area (Å²) in [7, 11) is 0. The maximum Gasteiger partial charge on any atom is 0.0580 e.